The van der Waals surface area contributed by atoms with Gasteiger partial charge >= 0.3 is 5.97 Å². The maximum atomic E-state index is 11.0. The molecule has 0 aliphatic carbocycles. The van der Waals surface area contributed by atoms with Gasteiger partial charge in [-0.3, -0.25) is 14.3 Å². The van der Waals surface area contributed by atoms with Gasteiger partial charge in [0.15, 0.2) is 11.5 Å². The number of aliphatic hydroxyl groups excluding tert-OH is 1. The number of carbonyl (C=O) groups is 1. The number of nitrogens with two attached hydrogens (primary N) is 1. The van der Waals surface area contributed by atoms with Gasteiger partial charge in [0.25, 0.3) is 0 Å². The van der Waals surface area contributed by atoms with Gasteiger partial charge in [0, 0.05) is 30.6 Å². The van der Waals surface area contributed by atoms with Crippen LogP contribution in [0.3, 0.4) is 0 Å². The summed E-state index contributed by atoms with van der Waals surface area (Å²) < 4.78 is 6.93. The number of pyridine rings is 3. The molecule has 3 N–H and O–H groups in total. The van der Waals surface area contributed by atoms with Crippen LogP contribution in [0.15, 0.2) is 73.1 Å². The molecule has 9 heteroatoms. The van der Waals surface area contributed by atoms with Gasteiger partial charge < -0.3 is 15.6 Å². The minimum Gasteiger partial charge on any atom is -0.459 e. The Bertz CT molecular complexity index is 1510. The maximum absolute atomic E-state index is 11.0. The second kappa shape index (κ2) is 9.32. The molecule has 9 nitrogen and oxygen atoms in total. The summed E-state index contributed by atoms with van der Waals surface area (Å²) in [6, 6.07) is 18.7. The molecule has 0 unspecified atom stereocenters. The first-order chi connectivity index (χ1) is 17.0. The highest BCUT2D eigenvalue weighted by atomic mass is 16.5. The third-order valence-electron chi connectivity index (χ3n) is 5.50. The second-order valence-corrected chi connectivity index (χ2v) is 7.89. The minimum absolute atomic E-state index is 0.0454. The van der Waals surface area contributed by atoms with Gasteiger partial charge in [-0.1, -0.05) is 12.1 Å². The molecule has 5 aromatic rings. The standard InChI is InChI=1S/C26H22N6O3/c1-16(34)35-15-19-7-6-18(13-29-19)22-10-11-23-26(30-22)32(20-8-4-17(14-33)5-9-20)25(31-23)21-3-2-12-28-24(21)27/h2-13,33H,14-15H2,1H3,(H2,27,28). The van der Waals surface area contributed by atoms with Crippen molar-refractivity contribution >= 4 is 23.0 Å². The quantitative estimate of drug-likeness (QED) is 0.363. The number of ether oxygens (including phenoxy) is 1. The van der Waals surface area contributed by atoms with E-state index >= 15 is 0 Å². The van der Waals surface area contributed by atoms with E-state index < -0.39 is 0 Å². The van der Waals surface area contributed by atoms with Crippen LogP contribution in [-0.4, -0.2) is 35.6 Å². The molecule has 0 atom stereocenters. The Balaban J connectivity index is 1.64. The van der Waals surface area contributed by atoms with Gasteiger partial charge in [0.2, 0.25) is 0 Å². The highest BCUT2D eigenvalue weighted by Gasteiger charge is 2.18. The van der Waals surface area contributed by atoms with Crippen molar-refractivity contribution < 1.29 is 14.6 Å². The number of hydrogen-bond donors (Lipinski definition) is 2. The topological polar surface area (TPSA) is 129 Å². The summed E-state index contributed by atoms with van der Waals surface area (Å²) in [4.78, 5) is 29.4. The van der Waals surface area contributed by atoms with Crippen LogP contribution in [-0.2, 0) is 22.7 Å². The number of fused-ring (bicyclic) bond motifs is 1. The van der Waals surface area contributed by atoms with Gasteiger partial charge in [-0.2, -0.15) is 0 Å². The van der Waals surface area contributed by atoms with Crippen LogP contribution in [0.2, 0.25) is 0 Å². The number of aromatic nitrogens is 5. The molecule has 0 aliphatic rings. The van der Waals surface area contributed by atoms with E-state index in [1.54, 1.807) is 18.5 Å². The molecule has 4 heterocycles. The number of nitrogens with zero attached hydrogens (tertiary/aromatic N) is 5. The number of hydrogen-bond acceptors (Lipinski definition) is 8. The monoisotopic (exact) mass is 466 g/mol. The highest BCUT2D eigenvalue weighted by Crippen LogP contribution is 2.31. The lowest BCUT2D eigenvalue weighted by Gasteiger charge is -2.11. The normalized spacial score (nSPS) is 11.0. The van der Waals surface area contributed by atoms with E-state index in [0.717, 1.165) is 16.8 Å². The zero-order chi connectivity index (χ0) is 24.4. The largest absolute Gasteiger partial charge is 0.459 e. The average molecular weight is 467 g/mol. The predicted molar refractivity (Wildman–Crippen MR) is 131 cm³/mol. The van der Waals surface area contributed by atoms with Crippen LogP contribution >= 0.6 is 0 Å². The molecule has 0 fully saturated rings. The Hall–Kier alpha value is -4.63. The first-order valence-corrected chi connectivity index (χ1v) is 10.9. The highest BCUT2D eigenvalue weighted by molar-refractivity contribution is 5.84. The predicted octanol–water partition coefficient (Wildman–Crippen LogP) is 3.68. The Kier molecular flexibility index (Phi) is 5.90. The number of aliphatic hydroxyl groups is 1. The minimum atomic E-state index is -0.353. The van der Waals surface area contributed by atoms with Crippen LogP contribution < -0.4 is 5.73 Å². The van der Waals surface area contributed by atoms with Crippen molar-refractivity contribution in [2.24, 2.45) is 0 Å². The Labute approximate surface area is 200 Å². The lowest BCUT2D eigenvalue weighted by atomic mass is 10.1. The van der Waals surface area contributed by atoms with Gasteiger partial charge in [0.1, 0.15) is 17.9 Å². The first kappa shape index (κ1) is 22.2. The van der Waals surface area contributed by atoms with Crippen LogP contribution in [0.1, 0.15) is 18.2 Å². The van der Waals surface area contributed by atoms with E-state index in [2.05, 4.69) is 9.97 Å². The molecule has 0 saturated carbocycles. The smallest absolute Gasteiger partial charge is 0.303 e. The zero-order valence-corrected chi connectivity index (χ0v) is 18.9. The molecule has 0 spiro atoms. The molecule has 0 radical (unpaired) electrons. The zero-order valence-electron chi connectivity index (χ0n) is 18.9. The van der Waals surface area contributed by atoms with Crippen molar-refractivity contribution in [2.75, 3.05) is 5.73 Å². The number of esters is 1. The van der Waals surface area contributed by atoms with E-state index in [1.807, 2.05) is 59.2 Å². The summed E-state index contributed by atoms with van der Waals surface area (Å²) in [5, 5.41) is 9.46. The molecule has 174 valence electrons. The number of carbonyl (C=O) groups excluding carboxylic acids is 1. The van der Waals surface area contributed by atoms with Crippen molar-refractivity contribution in [3.8, 4) is 28.3 Å². The van der Waals surface area contributed by atoms with Crippen molar-refractivity contribution in [2.45, 2.75) is 20.1 Å². The molecule has 4 aromatic heterocycles. The fourth-order valence-electron chi connectivity index (χ4n) is 3.74. The van der Waals surface area contributed by atoms with E-state index in [9.17, 15) is 9.90 Å². The van der Waals surface area contributed by atoms with Crippen molar-refractivity contribution in [3.05, 3.63) is 84.3 Å². The molecular formula is C26H22N6O3. The van der Waals surface area contributed by atoms with E-state index in [1.165, 1.54) is 6.92 Å². The molecule has 0 aliphatic heterocycles. The fourth-order valence-corrected chi connectivity index (χ4v) is 3.74. The Morgan fingerprint density at radius 3 is 2.54 bits per heavy atom. The number of anilines is 1. The van der Waals surface area contributed by atoms with Crippen molar-refractivity contribution in [1.82, 2.24) is 24.5 Å². The van der Waals surface area contributed by atoms with E-state index in [0.29, 0.717) is 39.8 Å². The third kappa shape index (κ3) is 4.44. The van der Waals surface area contributed by atoms with Gasteiger partial charge in [-0.05, 0) is 54.1 Å². The van der Waals surface area contributed by atoms with Crippen LogP contribution in [0, 0.1) is 0 Å². The molecule has 0 amide bonds. The van der Waals surface area contributed by atoms with Crippen LogP contribution in [0.25, 0.3) is 39.5 Å². The summed E-state index contributed by atoms with van der Waals surface area (Å²) in [5.41, 5.74) is 12.0. The van der Waals surface area contributed by atoms with Gasteiger partial charge in [0.05, 0.1) is 23.6 Å². The molecule has 5 rings (SSSR count). The summed E-state index contributed by atoms with van der Waals surface area (Å²) in [6.45, 7) is 1.44. The molecule has 1 aromatic carbocycles. The second-order valence-electron chi connectivity index (χ2n) is 7.89. The van der Waals surface area contributed by atoms with Crippen molar-refractivity contribution in [1.29, 1.82) is 0 Å². The van der Waals surface area contributed by atoms with E-state index in [4.69, 9.17) is 20.4 Å². The summed E-state index contributed by atoms with van der Waals surface area (Å²) in [6.07, 6.45) is 3.33. The average Bonchev–Trinajstić information content (AvgIpc) is 3.26. The summed E-state index contributed by atoms with van der Waals surface area (Å²) in [7, 11) is 0. The van der Waals surface area contributed by atoms with Crippen LogP contribution in [0.4, 0.5) is 5.82 Å². The Morgan fingerprint density at radius 1 is 1.03 bits per heavy atom. The lowest BCUT2D eigenvalue weighted by molar-refractivity contribution is -0.142. The SMILES string of the molecule is CC(=O)OCc1ccc(-c2ccc3nc(-c4cccnc4N)n(-c4ccc(CO)cc4)c3n2)cn1. The molecular weight excluding hydrogens is 444 g/mol. The van der Waals surface area contributed by atoms with Crippen LogP contribution in [0.5, 0.6) is 0 Å². The summed E-state index contributed by atoms with van der Waals surface area (Å²) >= 11 is 0. The first-order valence-electron chi connectivity index (χ1n) is 10.9. The van der Waals surface area contributed by atoms with Gasteiger partial charge in [-0.25, -0.2) is 15.0 Å². The molecule has 0 saturated heterocycles. The molecule has 0 bridgehead atoms. The van der Waals surface area contributed by atoms with Gasteiger partial charge in [-0.15, -0.1) is 0 Å². The number of rotatable bonds is 6. The Morgan fingerprint density at radius 2 is 1.86 bits per heavy atom. The van der Waals surface area contributed by atoms with E-state index in [-0.39, 0.29) is 19.2 Å². The molecule has 35 heavy (non-hydrogen) atoms. The fraction of sp³-hybridized carbons (Fsp3) is 0.115. The number of nitrogen functional groups attached to an aromatic ring is 1. The summed E-state index contributed by atoms with van der Waals surface area (Å²) in [5.74, 6) is 0.624. The third-order valence-corrected chi connectivity index (χ3v) is 5.50. The maximum Gasteiger partial charge on any atom is 0.303 e. The lowest BCUT2D eigenvalue weighted by Crippen LogP contribution is -2.02. The van der Waals surface area contributed by atoms with Crippen molar-refractivity contribution in [3.63, 3.8) is 0 Å². The number of imidazole rings is 1. The number of benzene rings is 1.